The Hall–Kier alpha value is -0.860. The van der Waals surface area contributed by atoms with Crippen LogP contribution >= 0.6 is 24.0 Å². The van der Waals surface area contributed by atoms with Crippen LogP contribution in [0.2, 0.25) is 0 Å². The van der Waals surface area contributed by atoms with Crippen molar-refractivity contribution in [1.29, 1.82) is 0 Å². The van der Waals surface area contributed by atoms with E-state index in [0.29, 0.717) is 13.2 Å². The zero-order valence-electron chi connectivity index (χ0n) is 14.4. The lowest BCUT2D eigenvalue weighted by Crippen LogP contribution is -2.39. The highest BCUT2D eigenvalue weighted by Crippen LogP contribution is 2.03. The Labute approximate surface area is 157 Å². The molecule has 0 radical (unpaired) electrons. The maximum absolute atomic E-state index is 5.41. The predicted molar refractivity (Wildman–Crippen MR) is 107 cm³/mol. The van der Waals surface area contributed by atoms with E-state index in [4.69, 9.17) is 9.47 Å². The van der Waals surface area contributed by atoms with E-state index in [1.807, 2.05) is 0 Å². The number of ether oxygens (including phenoxy) is 2. The fourth-order valence-electron chi connectivity index (χ4n) is 2.04. The highest BCUT2D eigenvalue weighted by Gasteiger charge is 1.98. The number of aryl methyl sites for hydroxylation is 1. The minimum Gasteiger partial charge on any atom is -0.382 e. The van der Waals surface area contributed by atoms with E-state index in [-0.39, 0.29) is 24.0 Å². The molecule has 132 valence electrons. The fraction of sp³-hybridized carbons (Fsp3) is 0.588. The number of nitrogens with zero attached hydrogens (tertiary/aromatic N) is 1. The lowest BCUT2D eigenvalue weighted by atomic mass is 10.1. The summed E-state index contributed by atoms with van der Waals surface area (Å²) in [4.78, 5) is 4.22. The first-order valence-corrected chi connectivity index (χ1v) is 7.83. The largest absolute Gasteiger partial charge is 0.382 e. The van der Waals surface area contributed by atoms with Crippen molar-refractivity contribution in [2.24, 2.45) is 4.99 Å². The molecule has 23 heavy (non-hydrogen) atoms. The molecule has 0 amide bonds. The Bertz CT molecular complexity index is 442. The van der Waals surface area contributed by atoms with Crippen LogP contribution in [0.1, 0.15) is 17.5 Å². The Kier molecular flexibility index (Phi) is 14.2. The van der Waals surface area contributed by atoms with Gasteiger partial charge in [-0.2, -0.15) is 0 Å². The first-order valence-electron chi connectivity index (χ1n) is 7.83. The number of rotatable bonds is 10. The van der Waals surface area contributed by atoms with Crippen LogP contribution < -0.4 is 10.6 Å². The van der Waals surface area contributed by atoms with E-state index in [0.717, 1.165) is 38.5 Å². The van der Waals surface area contributed by atoms with Crippen LogP contribution in [-0.2, 0) is 15.9 Å². The highest BCUT2D eigenvalue weighted by atomic mass is 127. The minimum absolute atomic E-state index is 0. The predicted octanol–water partition coefficient (Wildman–Crippen LogP) is 2.37. The Morgan fingerprint density at radius 2 is 1.91 bits per heavy atom. The molecule has 0 bridgehead atoms. The Balaban J connectivity index is 0.00000484. The second-order valence-corrected chi connectivity index (χ2v) is 5.12. The third-order valence-electron chi connectivity index (χ3n) is 3.20. The van der Waals surface area contributed by atoms with Gasteiger partial charge in [0.25, 0.3) is 0 Å². The van der Waals surface area contributed by atoms with Crippen molar-refractivity contribution in [3.63, 3.8) is 0 Å². The zero-order chi connectivity index (χ0) is 16.0. The van der Waals surface area contributed by atoms with Crippen LogP contribution in [-0.4, -0.2) is 53.0 Å². The summed E-state index contributed by atoms with van der Waals surface area (Å²) in [5, 5.41) is 6.61. The van der Waals surface area contributed by atoms with Crippen LogP contribution in [0.25, 0.3) is 0 Å². The van der Waals surface area contributed by atoms with Crippen molar-refractivity contribution in [3.8, 4) is 0 Å². The molecular formula is C17H30IN3O2. The molecule has 1 rings (SSSR count). The molecule has 2 N–H and O–H groups in total. The number of hydrogen-bond acceptors (Lipinski definition) is 3. The lowest BCUT2D eigenvalue weighted by molar-refractivity contribution is 0.0698. The summed E-state index contributed by atoms with van der Waals surface area (Å²) in [7, 11) is 3.47. The van der Waals surface area contributed by atoms with Crippen LogP contribution in [0.15, 0.2) is 29.3 Å². The van der Waals surface area contributed by atoms with Crippen LogP contribution in [0.3, 0.4) is 0 Å². The summed E-state index contributed by atoms with van der Waals surface area (Å²) < 4.78 is 10.3. The van der Waals surface area contributed by atoms with Crippen molar-refractivity contribution in [2.45, 2.75) is 19.8 Å². The van der Waals surface area contributed by atoms with Crippen molar-refractivity contribution in [2.75, 3.05) is 47.1 Å². The summed E-state index contributed by atoms with van der Waals surface area (Å²) in [6.07, 6.45) is 1.94. The summed E-state index contributed by atoms with van der Waals surface area (Å²) in [6.45, 7) is 5.86. The molecule has 1 aromatic rings. The van der Waals surface area contributed by atoms with Gasteiger partial charge in [-0.05, 0) is 25.3 Å². The van der Waals surface area contributed by atoms with Crippen molar-refractivity contribution >= 4 is 29.9 Å². The molecule has 6 heteroatoms. The fourth-order valence-corrected chi connectivity index (χ4v) is 2.04. The number of hydrogen-bond donors (Lipinski definition) is 2. The van der Waals surface area contributed by atoms with Gasteiger partial charge in [-0.3, -0.25) is 4.99 Å². The summed E-state index contributed by atoms with van der Waals surface area (Å²) in [5.41, 5.74) is 2.64. The summed E-state index contributed by atoms with van der Waals surface area (Å²) in [6, 6.07) is 8.59. The van der Waals surface area contributed by atoms with E-state index < -0.39 is 0 Å². The molecule has 0 saturated heterocycles. The first-order chi connectivity index (χ1) is 10.8. The minimum atomic E-state index is 0. The number of halogens is 1. The van der Waals surface area contributed by atoms with Crippen molar-refractivity contribution in [1.82, 2.24) is 10.6 Å². The summed E-state index contributed by atoms with van der Waals surface area (Å²) in [5.74, 6) is 0.838. The molecule has 0 aliphatic heterocycles. The van der Waals surface area contributed by atoms with E-state index in [9.17, 15) is 0 Å². The van der Waals surface area contributed by atoms with Crippen molar-refractivity contribution < 1.29 is 9.47 Å². The molecule has 0 spiro atoms. The molecule has 0 saturated carbocycles. The lowest BCUT2D eigenvalue weighted by Gasteiger charge is -2.12. The number of methoxy groups -OCH3 is 1. The second-order valence-electron chi connectivity index (χ2n) is 5.12. The molecule has 0 aliphatic carbocycles. The number of guanidine groups is 1. The van der Waals surface area contributed by atoms with E-state index in [1.165, 1.54) is 11.1 Å². The van der Waals surface area contributed by atoms with Crippen LogP contribution in [0.4, 0.5) is 0 Å². The average molecular weight is 435 g/mol. The third-order valence-corrected chi connectivity index (χ3v) is 3.20. The number of benzene rings is 1. The Morgan fingerprint density at radius 1 is 1.13 bits per heavy atom. The maximum atomic E-state index is 5.41. The molecule has 0 heterocycles. The Morgan fingerprint density at radius 3 is 2.61 bits per heavy atom. The topological polar surface area (TPSA) is 54.9 Å². The van der Waals surface area contributed by atoms with Gasteiger partial charge < -0.3 is 20.1 Å². The van der Waals surface area contributed by atoms with Crippen molar-refractivity contribution in [3.05, 3.63) is 35.4 Å². The monoisotopic (exact) mass is 435 g/mol. The SMILES string of the molecule is CN=C(NCCCOCCOC)NCCc1cccc(C)c1.I. The normalized spacial score (nSPS) is 11.0. The highest BCUT2D eigenvalue weighted by molar-refractivity contribution is 14.0. The quantitative estimate of drug-likeness (QED) is 0.257. The van der Waals surface area contributed by atoms with Gasteiger partial charge in [0.15, 0.2) is 5.96 Å². The van der Waals surface area contributed by atoms with Gasteiger partial charge >= 0.3 is 0 Å². The van der Waals surface area contributed by atoms with Gasteiger partial charge in [0, 0.05) is 33.9 Å². The maximum Gasteiger partial charge on any atom is 0.190 e. The standard InChI is InChI=1S/C17H29N3O2.HI/c1-15-6-4-7-16(14-15)8-10-20-17(18-2)19-9-5-11-22-13-12-21-3;/h4,6-7,14H,5,8-13H2,1-3H3,(H2,18,19,20);1H. The van der Waals surface area contributed by atoms with Gasteiger partial charge in [-0.25, -0.2) is 0 Å². The zero-order valence-corrected chi connectivity index (χ0v) is 16.8. The first kappa shape index (κ1) is 22.1. The molecular weight excluding hydrogens is 405 g/mol. The molecule has 5 nitrogen and oxygen atoms in total. The molecule has 0 aromatic heterocycles. The van der Waals surface area contributed by atoms with Gasteiger partial charge in [0.2, 0.25) is 0 Å². The molecule has 0 atom stereocenters. The van der Waals surface area contributed by atoms with Gasteiger partial charge in [-0.1, -0.05) is 29.8 Å². The summed E-state index contributed by atoms with van der Waals surface area (Å²) >= 11 is 0. The van der Waals surface area contributed by atoms with Gasteiger partial charge in [0.05, 0.1) is 13.2 Å². The van der Waals surface area contributed by atoms with Crippen LogP contribution in [0, 0.1) is 6.92 Å². The smallest absolute Gasteiger partial charge is 0.190 e. The van der Waals surface area contributed by atoms with E-state index in [1.54, 1.807) is 14.2 Å². The molecule has 0 aliphatic rings. The molecule has 0 fully saturated rings. The third kappa shape index (κ3) is 11.3. The van der Waals surface area contributed by atoms with Gasteiger partial charge in [0.1, 0.15) is 0 Å². The van der Waals surface area contributed by atoms with Gasteiger partial charge in [-0.15, -0.1) is 24.0 Å². The average Bonchev–Trinajstić information content (AvgIpc) is 2.52. The van der Waals surface area contributed by atoms with E-state index >= 15 is 0 Å². The number of nitrogens with one attached hydrogen (secondary N) is 2. The molecule has 0 unspecified atom stereocenters. The molecule has 1 aromatic carbocycles. The van der Waals surface area contributed by atoms with Crippen LogP contribution in [0.5, 0.6) is 0 Å². The van der Waals surface area contributed by atoms with E-state index in [2.05, 4.69) is 46.8 Å². The number of aliphatic imine (C=N–C) groups is 1. The second kappa shape index (κ2) is 14.7.